The van der Waals surface area contributed by atoms with Gasteiger partial charge in [-0.15, -0.1) is 0 Å². The number of aromatic hydroxyl groups is 1. The lowest BCUT2D eigenvalue weighted by atomic mass is 10.3. The second-order valence-corrected chi connectivity index (χ2v) is 5.35. The molecule has 0 aliphatic rings. The Morgan fingerprint density at radius 1 is 1.39 bits per heavy atom. The van der Waals surface area contributed by atoms with Crippen molar-refractivity contribution in [3.8, 4) is 5.75 Å². The molecule has 2 rings (SSSR count). The lowest BCUT2D eigenvalue weighted by Gasteiger charge is -2.09. The zero-order chi connectivity index (χ0) is 13.3. The average molecular weight is 268 g/mol. The standard InChI is InChI=1S/C10H12N4O3S/c1-14-10(4-5-12-14)13-18(16,17)7-2-3-9(15)8(11)6-7/h2-6,13,15H,11H2,1H3. The normalized spacial score (nSPS) is 11.4. The maximum absolute atomic E-state index is 12.0. The number of nitrogen functional groups attached to an aromatic ring is 1. The monoisotopic (exact) mass is 268 g/mol. The van der Waals surface area contributed by atoms with Gasteiger partial charge >= 0.3 is 0 Å². The topological polar surface area (TPSA) is 110 Å². The summed E-state index contributed by atoms with van der Waals surface area (Å²) in [5.41, 5.74) is 5.46. The van der Waals surface area contributed by atoms with Gasteiger partial charge in [-0.1, -0.05) is 0 Å². The zero-order valence-corrected chi connectivity index (χ0v) is 10.3. The first-order valence-corrected chi connectivity index (χ1v) is 6.48. The van der Waals surface area contributed by atoms with Gasteiger partial charge in [0, 0.05) is 13.1 Å². The number of hydrogen-bond donors (Lipinski definition) is 3. The third kappa shape index (κ3) is 2.23. The lowest BCUT2D eigenvalue weighted by molar-refractivity contribution is 0.477. The summed E-state index contributed by atoms with van der Waals surface area (Å²) < 4.78 is 27.8. The van der Waals surface area contributed by atoms with Crippen LogP contribution in [0.2, 0.25) is 0 Å². The Bertz CT molecular complexity index is 678. The van der Waals surface area contributed by atoms with Gasteiger partial charge in [0.05, 0.1) is 16.8 Å². The summed E-state index contributed by atoms with van der Waals surface area (Å²) in [5.74, 6) is 0.177. The summed E-state index contributed by atoms with van der Waals surface area (Å²) in [5, 5.41) is 13.1. The Morgan fingerprint density at radius 2 is 2.11 bits per heavy atom. The van der Waals surface area contributed by atoms with Gasteiger partial charge in [-0.2, -0.15) is 5.10 Å². The first-order chi connectivity index (χ1) is 8.40. The molecule has 0 radical (unpaired) electrons. The number of nitrogens with zero attached hydrogens (tertiary/aromatic N) is 2. The van der Waals surface area contributed by atoms with E-state index < -0.39 is 10.0 Å². The molecule has 18 heavy (non-hydrogen) atoms. The molecule has 4 N–H and O–H groups in total. The van der Waals surface area contributed by atoms with Crippen molar-refractivity contribution in [1.29, 1.82) is 0 Å². The number of hydrogen-bond acceptors (Lipinski definition) is 5. The van der Waals surface area contributed by atoms with E-state index in [0.29, 0.717) is 5.82 Å². The minimum Gasteiger partial charge on any atom is -0.506 e. The van der Waals surface area contributed by atoms with E-state index in [4.69, 9.17) is 5.73 Å². The molecule has 0 aliphatic carbocycles. The van der Waals surface area contributed by atoms with Crippen molar-refractivity contribution in [1.82, 2.24) is 9.78 Å². The van der Waals surface area contributed by atoms with Crippen LogP contribution in [0.3, 0.4) is 0 Å². The molecule has 8 heteroatoms. The van der Waals surface area contributed by atoms with Crippen molar-refractivity contribution in [2.45, 2.75) is 4.90 Å². The van der Waals surface area contributed by atoms with Crippen molar-refractivity contribution >= 4 is 21.5 Å². The predicted molar refractivity (Wildman–Crippen MR) is 66.5 cm³/mol. The van der Waals surface area contributed by atoms with Crippen molar-refractivity contribution in [3.05, 3.63) is 30.5 Å². The molecule has 1 heterocycles. The second-order valence-electron chi connectivity index (χ2n) is 3.67. The summed E-state index contributed by atoms with van der Waals surface area (Å²) >= 11 is 0. The van der Waals surface area contributed by atoms with E-state index >= 15 is 0 Å². The van der Waals surface area contributed by atoms with Crippen molar-refractivity contribution < 1.29 is 13.5 Å². The fourth-order valence-electron chi connectivity index (χ4n) is 1.37. The van der Waals surface area contributed by atoms with E-state index in [1.807, 2.05) is 0 Å². The van der Waals surface area contributed by atoms with Crippen LogP contribution in [0.25, 0.3) is 0 Å². The molecule has 0 atom stereocenters. The highest BCUT2D eigenvalue weighted by Gasteiger charge is 2.16. The summed E-state index contributed by atoms with van der Waals surface area (Å²) in [6.45, 7) is 0. The minimum atomic E-state index is -3.75. The zero-order valence-electron chi connectivity index (χ0n) is 9.53. The number of rotatable bonds is 3. The Kier molecular flexibility index (Phi) is 2.87. The van der Waals surface area contributed by atoms with E-state index in [1.54, 1.807) is 7.05 Å². The molecule has 96 valence electrons. The van der Waals surface area contributed by atoms with E-state index in [9.17, 15) is 13.5 Å². The molecule has 0 spiro atoms. The van der Waals surface area contributed by atoms with Crippen LogP contribution >= 0.6 is 0 Å². The van der Waals surface area contributed by atoms with Gasteiger partial charge < -0.3 is 10.8 Å². The molecule has 0 unspecified atom stereocenters. The molecule has 0 amide bonds. The molecule has 0 saturated carbocycles. The quantitative estimate of drug-likeness (QED) is 0.555. The minimum absolute atomic E-state index is 0.00267. The molecule has 0 saturated heterocycles. The first kappa shape index (κ1) is 12.2. The third-order valence-electron chi connectivity index (χ3n) is 2.37. The van der Waals surface area contributed by atoms with E-state index in [-0.39, 0.29) is 16.3 Å². The number of phenols is 1. The van der Waals surface area contributed by atoms with E-state index in [0.717, 1.165) is 0 Å². The third-order valence-corrected chi connectivity index (χ3v) is 3.72. The van der Waals surface area contributed by atoms with Gasteiger partial charge in [0.2, 0.25) is 0 Å². The Hall–Kier alpha value is -2.22. The number of aromatic nitrogens is 2. The molecule has 0 aliphatic heterocycles. The molecule has 7 nitrogen and oxygen atoms in total. The molecule has 1 aromatic carbocycles. The summed E-state index contributed by atoms with van der Waals surface area (Å²) in [6, 6.07) is 5.22. The summed E-state index contributed by atoms with van der Waals surface area (Å²) in [4.78, 5) is -0.0287. The number of sulfonamides is 1. The van der Waals surface area contributed by atoms with Crippen LogP contribution in [0.1, 0.15) is 0 Å². The van der Waals surface area contributed by atoms with Gasteiger partial charge in [0.1, 0.15) is 11.6 Å². The van der Waals surface area contributed by atoms with Gasteiger partial charge in [-0.3, -0.25) is 9.40 Å². The van der Waals surface area contributed by atoms with Crippen LogP contribution in [0.5, 0.6) is 5.75 Å². The van der Waals surface area contributed by atoms with E-state index in [1.165, 1.54) is 35.1 Å². The van der Waals surface area contributed by atoms with Gasteiger partial charge in [0.15, 0.2) is 0 Å². The molecular weight excluding hydrogens is 256 g/mol. The molecular formula is C10H12N4O3S. The highest BCUT2D eigenvalue weighted by molar-refractivity contribution is 7.92. The fourth-order valence-corrected chi connectivity index (χ4v) is 2.49. The van der Waals surface area contributed by atoms with Crippen LogP contribution in [0, 0.1) is 0 Å². The molecule has 0 fully saturated rings. The number of aryl methyl sites for hydroxylation is 1. The maximum atomic E-state index is 12.0. The van der Waals surface area contributed by atoms with Crippen LogP contribution in [0.15, 0.2) is 35.4 Å². The van der Waals surface area contributed by atoms with E-state index in [2.05, 4.69) is 9.82 Å². The maximum Gasteiger partial charge on any atom is 0.263 e. The number of phenolic OH excluding ortho intramolecular Hbond substituents is 1. The highest BCUT2D eigenvalue weighted by atomic mass is 32.2. The largest absolute Gasteiger partial charge is 0.506 e. The number of benzene rings is 1. The van der Waals surface area contributed by atoms with Crippen molar-refractivity contribution in [3.63, 3.8) is 0 Å². The molecule has 1 aromatic heterocycles. The van der Waals surface area contributed by atoms with Crippen LogP contribution in [-0.4, -0.2) is 23.3 Å². The first-order valence-electron chi connectivity index (χ1n) is 4.99. The highest BCUT2D eigenvalue weighted by Crippen LogP contribution is 2.24. The van der Waals surface area contributed by atoms with Crippen LogP contribution in [0.4, 0.5) is 11.5 Å². The summed E-state index contributed by atoms with van der Waals surface area (Å²) in [6.07, 6.45) is 1.48. The molecule has 2 aromatic rings. The van der Waals surface area contributed by atoms with Crippen LogP contribution in [-0.2, 0) is 17.1 Å². The number of anilines is 2. The van der Waals surface area contributed by atoms with Gasteiger partial charge in [0.25, 0.3) is 10.0 Å². The predicted octanol–water partition coefficient (Wildman–Crippen LogP) is 0.509. The summed E-state index contributed by atoms with van der Waals surface area (Å²) in [7, 11) is -2.13. The average Bonchev–Trinajstić information content (AvgIpc) is 2.67. The SMILES string of the molecule is Cn1nccc1NS(=O)(=O)c1ccc(O)c(N)c1. The Morgan fingerprint density at radius 3 is 2.67 bits per heavy atom. The molecule has 0 bridgehead atoms. The smallest absolute Gasteiger partial charge is 0.263 e. The van der Waals surface area contributed by atoms with Crippen LogP contribution < -0.4 is 10.5 Å². The van der Waals surface area contributed by atoms with Crippen molar-refractivity contribution in [2.24, 2.45) is 7.05 Å². The lowest BCUT2D eigenvalue weighted by Crippen LogP contribution is -2.15. The van der Waals surface area contributed by atoms with Crippen molar-refractivity contribution in [2.75, 3.05) is 10.5 Å². The Balaban J connectivity index is 2.37. The Labute approximate surface area is 104 Å². The van der Waals surface area contributed by atoms with Gasteiger partial charge in [-0.05, 0) is 18.2 Å². The number of nitrogens with one attached hydrogen (secondary N) is 1. The fraction of sp³-hybridized carbons (Fsp3) is 0.100. The van der Waals surface area contributed by atoms with Gasteiger partial charge in [-0.25, -0.2) is 8.42 Å². The second kappa shape index (κ2) is 4.22. The number of nitrogens with two attached hydrogens (primary N) is 1.